The molecule has 1 atom stereocenters. The molecule has 0 saturated carbocycles. The molecule has 2 aromatic rings. The number of piperidine rings is 1. The van der Waals surface area contributed by atoms with E-state index >= 15 is 0 Å². The third-order valence-corrected chi connectivity index (χ3v) is 7.92. The fourth-order valence-corrected chi connectivity index (χ4v) is 6.30. The van der Waals surface area contributed by atoms with E-state index in [-0.39, 0.29) is 36.1 Å². The second-order valence-electron chi connectivity index (χ2n) is 7.84. The molecule has 1 saturated heterocycles. The van der Waals surface area contributed by atoms with E-state index in [0.29, 0.717) is 43.1 Å². The molecule has 0 aromatic carbocycles. The Balaban J connectivity index is 1.87. The van der Waals surface area contributed by atoms with Gasteiger partial charge in [-0.25, -0.2) is 13.2 Å². The highest BCUT2D eigenvalue weighted by atomic mass is 32.2. The number of ether oxygens (including phenoxy) is 1. The molecule has 0 radical (unpaired) electrons. The molecule has 3 heterocycles. The predicted molar refractivity (Wildman–Crippen MR) is 118 cm³/mol. The van der Waals surface area contributed by atoms with Crippen molar-refractivity contribution in [1.82, 2.24) is 14.2 Å². The van der Waals surface area contributed by atoms with Crippen LogP contribution in [-0.4, -0.2) is 48.9 Å². The topological polar surface area (TPSA) is 111 Å². The maximum atomic E-state index is 13.7. The van der Waals surface area contributed by atoms with Crippen molar-refractivity contribution >= 4 is 21.9 Å². The van der Waals surface area contributed by atoms with E-state index in [1.165, 1.54) is 10.6 Å². The summed E-state index contributed by atoms with van der Waals surface area (Å²) in [5.41, 5.74) is 1.14. The second kappa shape index (κ2) is 9.91. The molecule has 0 spiro atoms. The van der Waals surface area contributed by atoms with Gasteiger partial charge in [0.25, 0.3) is 0 Å². The van der Waals surface area contributed by atoms with Gasteiger partial charge in [0.1, 0.15) is 16.2 Å². The van der Waals surface area contributed by atoms with E-state index in [9.17, 15) is 18.0 Å². The third-order valence-electron chi connectivity index (χ3n) is 5.89. The molecule has 32 heavy (non-hydrogen) atoms. The first-order valence-electron chi connectivity index (χ1n) is 10.9. The van der Waals surface area contributed by atoms with Crippen LogP contribution in [0.3, 0.4) is 0 Å². The number of esters is 1. The second-order valence-corrected chi connectivity index (χ2v) is 9.71. The molecule has 1 aliphatic heterocycles. The molecule has 9 nitrogen and oxygen atoms in total. The van der Waals surface area contributed by atoms with Crippen LogP contribution in [-0.2, 0) is 32.6 Å². The Kier molecular flexibility index (Phi) is 7.45. The Hall–Kier alpha value is -2.59. The van der Waals surface area contributed by atoms with Gasteiger partial charge in [0.15, 0.2) is 0 Å². The molecule has 0 bridgehead atoms. The Labute approximate surface area is 188 Å². The van der Waals surface area contributed by atoms with Crippen LogP contribution in [0.2, 0.25) is 0 Å². The number of rotatable bonds is 8. The van der Waals surface area contributed by atoms with Crippen LogP contribution < -0.4 is 5.32 Å². The fourth-order valence-electron chi connectivity index (χ4n) is 4.32. The smallest absolute Gasteiger partial charge is 0.341 e. The Morgan fingerprint density at radius 2 is 2.00 bits per heavy atom. The van der Waals surface area contributed by atoms with Crippen molar-refractivity contribution in [2.45, 2.75) is 58.5 Å². The summed E-state index contributed by atoms with van der Waals surface area (Å²) >= 11 is 0. The molecule has 1 N–H and O–H groups in total. The van der Waals surface area contributed by atoms with E-state index in [2.05, 4.69) is 5.32 Å². The number of aromatic nitrogens is 1. The van der Waals surface area contributed by atoms with Crippen LogP contribution >= 0.6 is 0 Å². The zero-order valence-corrected chi connectivity index (χ0v) is 19.8. The molecule has 1 amide bonds. The fraction of sp³-hybridized carbons (Fsp3) is 0.545. The number of carbonyl (C=O) groups excluding carboxylic acids is 2. The highest BCUT2D eigenvalue weighted by molar-refractivity contribution is 7.89. The average molecular weight is 466 g/mol. The van der Waals surface area contributed by atoms with Gasteiger partial charge in [0, 0.05) is 31.0 Å². The standard InChI is InChI=1S/C22H31N3O6S/c1-5-25-15(3)19(22(27)30-6-2)20(16(25)4)32(28,29)24-11-7-9-17(14-24)21(26)23-13-18-10-8-12-31-18/h8,10,12,17H,5-7,9,11,13-14H2,1-4H3,(H,23,26)/t17-/m0/s1. The number of carbonyl (C=O) groups is 2. The van der Waals surface area contributed by atoms with Crippen LogP contribution in [0.15, 0.2) is 27.7 Å². The monoisotopic (exact) mass is 465 g/mol. The largest absolute Gasteiger partial charge is 0.467 e. The van der Waals surface area contributed by atoms with Gasteiger partial charge in [-0.1, -0.05) is 0 Å². The van der Waals surface area contributed by atoms with Gasteiger partial charge in [-0.3, -0.25) is 4.79 Å². The molecular formula is C22H31N3O6S. The highest BCUT2D eigenvalue weighted by Crippen LogP contribution is 2.32. The minimum Gasteiger partial charge on any atom is -0.467 e. The van der Waals surface area contributed by atoms with Crippen molar-refractivity contribution in [1.29, 1.82) is 0 Å². The van der Waals surface area contributed by atoms with Crippen LogP contribution in [0.1, 0.15) is 54.2 Å². The molecule has 10 heteroatoms. The molecule has 176 valence electrons. The van der Waals surface area contributed by atoms with Gasteiger partial charge in [-0.2, -0.15) is 4.31 Å². The van der Waals surface area contributed by atoms with Gasteiger partial charge in [0.2, 0.25) is 15.9 Å². The van der Waals surface area contributed by atoms with Gasteiger partial charge < -0.3 is 19.0 Å². The van der Waals surface area contributed by atoms with Gasteiger partial charge in [0.05, 0.1) is 25.3 Å². The predicted octanol–water partition coefficient (Wildman–Crippen LogP) is 2.61. The molecule has 3 rings (SSSR count). The summed E-state index contributed by atoms with van der Waals surface area (Å²) in [6, 6.07) is 3.50. The molecule has 0 aliphatic carbocycles. The van der Waals surface area contributed by atoms with Crippen molar-refractivity contribution < 1.29 is 27.2 Å². The SMILES string of the molecule is CCOC(=O)c1c(S(=O)(=O)N2CCC[C@H](C(=O)NCc3ccco3)C2)c(C)n(CC)c1C. The normalized spacial score (nSPS) is 17.3. The van der Waals surface area contributed by atoms with Crippen LogP contribution in [0, 0.1) is 19.8 Å². The number of nitrogens with one attached hydrogen (secondary N) is 1. The van der Waals surface area contributed by atoms with E-state index < -0.39 is 21.9 Å². The first-order valence-corrected chi connectivity index (χ1v) is 12.3. The van der Waals surface area contributed by atoms with Crippen molar-refractivity contribution in [3.05, 3.63) is 41.1 Å². The zero-order chi connectivity index (χ0) is 23.5. The van der Waals surface area contributed by atoms with Crippen LogP contribution in [0.5, 0.6) is 0 Å². The summed E-state index contributed by atoms with van der Waals surface area (Å²) in [5.74, 6) is -0.714. The van der Waals surface area contributed by atoms with Crippen molar-refractivity contribution in [3.63, 3.8) is 0 Å². The molecule has 1 aliphatic rings. The number of hydrogen-bond donors (Lipinski definition) is 1. The average Bonchev–Trinajstić information content (AvgIpc) is 3.38. The Bertz CT molecular complexity index is 1070. The van der Waals surface area contributed by atoms with Gasteiger partial charge in [-0.15, -0.1) is 0 Å². The maximum Gasteiger partial charge on any atom is 0.341 e. The lowest BCUT2D eigenvalue weighted by molar-refractivity contribution is -0.126. The number of hydrogen-bond acceptors (Lipinski definition) is 6. The molecule has 2 aromatic heterocycles. The van der Waals surface area contributed by atoms with Crippen molar-refractivity contribution in [2.24, 2.45) is 5.92 Å². The summed E-state index contributed by atoms with van der Waals surface area (Å²) < 4.78 is 40.9. The Morgan fingerprint density at radius 1 is 1.25 bits per heavy atom. The number of furan rings is 1. The lowest BCUT2D eigenvalue weighted by Gasteiger charge is -2.31. The van der Waals surface area contributed by atoms with E-state index in [1.54, 1.807) is 37.5 Å². The molecule has 0 unspecified atom stereocenters. The lowest BCUT2D eigenvalue weighted by atomic mass is 9.99. The minimum absolute atomic E-state index is 0.0213. The number of sulfonamides is 1. The number of amides is 1. The van der Waals surface area contributed by atoms with Crippen LogP contribution in [0.4, 0.5) is 0 Å². The van der Waals surface area contributed by atoms with Crippen molar-refractivity contribution in [2.75, 3.05) is 19.7 Å². The Morgan fingerprint density at radius 3 is 2.62 bits per heavy atom. The quantitative estimate of drug-likeness (QED) is 0.600. The minimum atomic E-state index is -4.01. The van der Waals surface area contributed by atoms with E-state index in [1.807, 2.05) is 6.92 Å². The summed E-state index contributed by atoms with van der Waals surface area (Å²) in [6.45, 7) is 8.28. The summed E-state index contributed by atoms with van der Waals surface area (Å²) in [4.78, 5) is 25.3. The van der Waals surface area contributed by atoms with Gasteiger partial charge >= 0.3 is 5.97 Å². The van der Waals surface area contributed by atoms with Crippen LogP contribution in [0.25, 0.3) is 0 Å². The maximum absolute atomic E-state index is 13.7. The van der Waals surface area contributed by atoms with Gasteiger partial charge in [-0.05, 0) is 52.7 Å². The molecular weight excluding hydrogens is 434 g/mol. The lowest BCUT2D eigenvalue weighted by Crippen LogP contribution is -2.45. The molecule has 1 fully saturated rings. The zero-order valence-electron chi connectivity index (χ0n) is 19.0. The highest BCUT2D eigenvalue weighted by Gasteiger charge is 2.39. The summed E-state index contributed by atoms with van der Waals surface area (Å²) in [6.07, 6.45) is 2.68. The first kappa shape index (κ1) is 24.1. The first-order chi connectivity index (χ1) is 15.2. The van der Waals surface area contributed by atoms with Crippen molar-refractivity contribution in [3.8, 4) is 0 Å². The van der Waals surface area contributed by atoms with E-state index in [4.69, 9.17) is 9.15 Å². The number of nitrogens with zero attached hydrogens (tertiary/aromatic N) is 2. The summed E-state index contributed by atoms with van der Waals surface area (Å²) in [7, 11) is -4.01. The third kappa shape index (κ3) is 4.61. The van der Waals surface area contributed by atoms with E-state index in [0.717, 1.165) is 0 Å². The summed E-state index contributed by atoms with van der Waals surface area (Å²) in [5, 5.41) is 2.81.